The molecule has 2 N–H and O–H groups in total. The van der Waals surface area contributed by atoms with Crippen LogP contribution in [-0.4, -0.2) is 42.5 Å². The maximum absolute atomic E-state index is 13.3. The van der Waals surface area contributed by atoms with Crippen LogP contribution in [0.25, 0.3) is 0 Å². The molecule has 11 heteroatoms. The molecule has 0 aliphatic carbocycles. The standard InChI is InChI=1S/C18H13ClFN3O5S/c1-23-16(17(24)21-12-6-7-14(20)13(19)8-12)9-15(22-29(23,27)28)10-2-4-11(5-3-10)18(25)26/h2-9H,1H3,(H,21,24)(H,25,26). The highest BCUT2D eigenvalue weighted by Gasteiger charge is 2.30. The lowest BCUT2D eigenvalue weighted by Crippen LogP contribution is -2.35. The number of carbonyl (C=O) groups excluding carboxylic acids is 1. The first-order valence-electron chi connectivity index (χ1n) is 7.99. The summed E-state index contributed by atoms with van der Waals surface area (Å²) >= 11 is 5.69. The van der Waals surface area contributed by atoms with E-state index in [0.717, 1.165) is 13.1 Å². The highest BCUT2D eigenvalue weighted by molar-refractivity contribution is 7.88. The molecular formula is C18H13ClFN3O5S. The van der Waals surface area contributed by atoms with Crippen LogP contribution in [0.3, 0.4) is 0 Å². The van der Waals surface area contributed by atoms with Crippen molar-refractivity contribution in [3.05, 3.63) is 76.2 Å². The molecule has 1 aliphatic rings. The van der Waals surface area contributed by atoms with Crippen LogP contribution in [0.1, 0.15) is 15.9 Å². The Labute approximate surface area is 170 Å². The first-order chi connectivity index (χ1) is 13.6. The van der Waals surface area contributed by atoms with Crippen LogP contribution in [0.5, 0.6) is 0 Å². The minimum atomic E-state index is -4.20. The number of rotatable bonds is 4. The molecule has 0 spiro atoms. The molecule has 29 heavy (non-hydrogen) atoms. The van der Waals surface area contributed by atoms with Crippen molar-refractivity contribution in [2.75, 3.05) is 12.4 Å². The average Bonchev–Trinajstić information content (AvgIpc) is 2.66. The lowest BCUT2D eigenvalue weighted by atomic mass is 10.1. The number of nitrogens with one attached hydrogen (secondary N) is 1. The number of hydrogen-bond donors (Lipinski definition) is 2. The Morgan fingerprint density at radius 3 is 2.41 bits per heavy atom. The molecule has 0 fully saturated rings. The lowest BCUT2D eigenvalue weighted by Gasteiger charge is -2.23. The van der Waals surface area contributed by atoms with Gasteiger partial charge in [-0.3, -0.25) is 4.79 Å². The zero-order valence-corrected chi connectivity index (χ0v) is 16.3. The van der Waals surface area contributed by atoms with Gasteiger partial charge in [0.1, 0.15) is 11.5 Å². The molecule has 0 atom stereocenters. The predicted octanol–water partition coefficient (Wildman–Crippen LogP) is 2.68. The summed E-state index contributed by atoms with van der Waals surface area (Å²) in [5, 5.41) is 11.2. The first-order valence-corrected chi connectivity index (χ1v) is 9.76. The van der Waals surface area contributed by atoms with Gasteiger partial charge in [0.05, 0.1) is 16.3 Å². The van der Waals surface area contributed by atoms with E-state index in [1.807, 2.05) is 0 Å². The van der Waals surface area contributed by atoms with E-state index in [4.69, 9.17) is 16.7 Å². The highest BCUT2D eigenvalue weighted by atomic mass is 35.5. The number of nitrogens with zero attached hydrogens (tertiary/aromatic N) is 2. The van der Waals surface area contributed by atoms with Crippen molar-refractivity contribution in [3.8, 4) is 0 Å². The molecule has 0 unspecified atom stereocenters. The molecule has 1 amide bonds. The van der Waals surface area contributed by atoms with Gasteiger partial charge in [-0.1, -0.05) is 23.7 Å². The molecule has 3 rings (SSSR count). The van der Waals surface area contributed by atoms with E-state index in [2.05, 4.69) is 9.71 Å². The molecule has 0 saturated heterocycles. The number of carbonyl (C=O) groups is 2. The molecular weight excluding hydrogens is 425 g/mol. The fraction of sp³-hybridized carbons (Fsp3) is 0.0556. The molecule has 150 valence electrons. The number of hydrogen-bond acceptors (Lipinski definition) is 4. The quantitative estimate of drug-likeness (QED) is 0.762. The van der Waals surface area contributed by atoms with Gasteiger partial charge in [0.15, 0.2) is 0 Å². The lowest BCUT2D eigenvalue weighted by molar-refractivity contribution is -0.113. The Bertz CT molecular complexity index is 1180. The fourth-order valence-electron chi connectivity index (χ4n) is 2.45. The first kappa shape index (κ1) is 20.5. The Hall–Kier alpha value is -3.24. The van der Waals surface area contributed by atoms with Gasteiger partial charge in [0.25, 0.3) is 5.91 Å². The number of carboxylic acids is 1. The Morgan fingerprint density at radius 2 is 1.83 bits per heavy atom. The second-order valence-corrected chi connectivity index (χ2v) is 7.95. The molecule has 1 heterocycles. The topological polar surface area (TPSA) is 116 Å². The number of amides is 1. The SMILES string of the molecule is CN1C(C(=O)Nc2ccc(F)c(Cl)c2)=CC(c2ccc(C(=O)O)cc2)=NS1(=O)=O. The number of allylic oxidation sites excluding steroid dienone is 1. The van der Waals surface area contributed by atoms with Crippen LogP contribution in [0.4, 0.5) is 10.1 Å². The summed E-state index contributed by atoms with van der Waals surface area (Å²) in [4.78, 5) is 23.6. The van der Waals surface area contributed by atoms with Crippen LogP contribution < -0.4 is 5.32 Å². The zero-order valence-electron chi connectivity index (χ0n) is 14.8. The van der Waals surface area contributed by atoms with E-state index in [1.165, 1.54) is 42.5 Å². The highest BCUT2D eigenvalue weighted by Crippen LogP contribution is 2.23. The second-order valence-electron chi connectivity index (χ2n) is 5.92. The largest absolute Gasteiger partial charge is 0.478 e. The van der Waals surface area contributed by atoms with Gasteiger partial charge in [0.2, 0.25) is 0 Å². The summed E-state index contributed by atoms with van der Waals surface area (Å²) in [5.41, 5.74) is 0.213. The number of aromatic carboxylic acids is 1. The summed E-state index contributed by atoms with van der Waals surface area (Å²) in [5.74, 6) is -2.59. The molecule has 2 aromatic rings. The van der Waals surface area contributed by atoms with Gasteiger partial charge in [-0.2, -0.15) is 8.42 Å². The van der Waals surface area contributed by atoms with E-state index in [9.17, 15) is 22.4 Å². The molecule has 8 nitrogen and oxygen atoms in total. The van der Waals surface area contributed by atoms with E-state index >= 15 is 0 Å². The van der Waals surface area contributed by atoms with Crippen LogP contribution in [0.15, 0.2) is 58.6 Å². The average molecular weight is 438 g/mol. The normalized spacial score (nSPS) is 15.3. The van der Waals surface area contributed by atoms with E-state index in [1.54, 1.807) is 0 Å². The molecule has 2 aromatic carbocycles. The van der Waals surface area contributed by atoms with Crippen LogP contribution >= 0.6 is 11.6 Å². The van der Waals surface area contributed by atoms with Crippen molar-refractivity contribution in [2.24, 2.45) is 4.40 Å². The zero-order chi connectivity index (χ0) is 21.3. The van der Waals surface area contributed by atoms with Gasteiger partial charge in [0, 0.05) is 18.3 Å². The van der Waals surface area contributed by atoms with E-state index in [0.29, 0.717) is 9.87 Å². The summed E-state index contributed by atoms with van der Waals surface area (Å²) in [7, 11) is -3.04. The van der Waals surface area contributed by atoms with Crippen molar-refractivity contribution >= 4 is 45.1 Å². The number of benzene rings is 2. The third kappa shape index (κ3) is 4.28. The maximum Gasteiger partial charge on any atom is 0.345 e. The number of likely N-dealkylation sites (N-methyl/N-ethyl adjacent to an activating group) is 1. The third-order valence-electron chi connectivity index (χ3n) is 4.01. The van der Waals surface area contributed by atoms with E-state index in [-0.39, 0.29) is 27.7 Å². The fourth-order valence-corrected chi connectivity index (χ4v) is 3.55. The van der Waals surface area contributed by atoms with Crippen LogP contribution in [0, 0.1) is 5.82 Å². The third-order valence-corrected chi connectivity index (χ3v) is 5.62. The molecule has 0 radical (unpaired) electrons. The van der Waals surface area contributed by atoms with Crippen molar-refractivity contribution in [3.63, 3.8) is 0 Å². The minimum absolute atomic E-state index is 0.0141. The van der Waals surface area contributed by atoms with Crippen LogP contribution in [-0.2, 0) is 15.0 Å². The van der Waals surface area contributed by atoms with E-state index < -0.39 is 27.9 Å². The van der Waals surface area contributed by atoms with Crippen molar-refractivity contribution in [2.45, 2.75) is 0 Å². The van der Waals surface area contributed by atoms with Gasteiger partial charge in [-0.15, -0.1) is 4.40 Å². The molecule has 1 aliphatic heterocycles. The Kier molecular flexibility index (Phi) is 5.40. The van der Waals surface area contributed by atoms with Gasteiger partial charge < -0.3 is 10.4 Å². The van der Waals surface area contributed by atoms with Crippen molar-refractivity contribution in [1.82, 2.24) is 4.31 Å². The Morgan fingerprint density at radius 1 is 1.17 bits per heavy atom. The minimum Gasteiger partial charge on any atom is -0.478 e. The molecule has 0 aromatic heterocycles. The Balaban J connectivity index is 1.96. The number of halogens is 2. The monoisotopic (exact) mass is 437 g/mol. The van der Waals surface area contributed by atoms with Gasteiger partial charge in [-0.25, -0.2) is 13.5 Å². The molecule has 0 saturated carbocycles. The molecule has 0 bridgehead atoms. The maximum atomic E-state index is 13.3. The smallest absolute Gasteiger partial charge is 0.345 e. The summed E-state index contributed by atoms with van der Waals surface area (Å²) < 4.78 is 42.3. The van der Waals surface area contributed by atoms with Gasteiger partial charge >= 0.3 is 16.2 Å². The predicted molar refractivity (Wildman–Crippen MR) is 105 cm³/mol. The summed E-state index contributed by atoms with van der Waals surface area (Å²) in [6.45, 7) is 0. The summed E-state index contributed by atoms with van der Waals surface area (Å²) in [6.07, 6.45) is 1.25. The van der Waals surface area contributed by atoms with Crippen molar-refractivity contribution in [1.29, 1.82) is 0 Å². The van der Waals surface area contributed by atoms with Gasteiger partial charge in [-0.05, 0) is 36.4 Å². The summed E-state index contributed by atoms with van der Waals surface area (Å²) in [6, 6.07) is 8.87. The van der Waals surface area contributed by atoms with Crippen molar-refractivity contribution < 1.29 is 27.5 Å². The number of anilines is 1. The van der Waals surface area contributed by atoms with Crippen LogP contribution in [0.2, 0.25) is 5.02 Å². The number of carboxylic acid groups (broad SMARTS) is 1. The second kappa shape index (κ2) is 7.64.